The van der Waals surface area contributed by atoms with Crippen molar-refractivity contribution in [1.82, 2.24) is 4.90 Å². The Kier molecular flexibility index (Phi) is 19.8. The fourth-order valence-corrected chi connectivity index (χ4v) is 3.80. The van der Waals surface area contributed by atoms with Gasteiger partial charge < -0.3 is 9.64 Å². The molecule has 3 nitrogen and oxygen atoms in total. The minimum absolute atomic E-state index is 0.427. The number of hydrogen-bond acceptors (Lipinski definition) is 3. The lowest BCUT2D eigenvalue weighted by molar-refractivity contribution is -0.142. The number of nitrogens with zero attached hydrogens (tertiary/aromatic N) is 1. The Morgan fingerprint density at radius 1 is 1.16 bits per heavy atom. The predicted octanol–water partition coefficient (Wildman–Crippen LogP) is 8.97. The van der Waals surface area contributed by atoms with Gasteiger partial charge >= 0.3 is 5.97 Å². The number of halogens is 1. The van der Waals surface area contributed by atoms with Crippen molar-refractivity contribution in [3.63, 3.8) is 0 Å². The molecule has 208 valence electrons. The molecule has 4 heteroatoms. The van der Waals surface area contributed by atoms with Crippen LogP contribution in [0.2, 0.25) is 0 Å². The molecule has 2 rings (SSSR count). The summed E-state index contributed by atoms with van der Waals surface area (Å²) in [5, 5.41) is 0. The number of hydrogen-bond donors (Lipinski definition) is 0. The highest BCUT2D eigenvalue weighted by Crippen LogP contribution is 2.24. The lowest BCUT2D eigenvalue weighted by Gasteiger charge is -2.26. The Morgan fingerprint density at radius 3 is 2.53 bits per heavy atom. The second-order valence-electron chi connectivity index (χ2n) is 8.23. The topological polar surface area (TPSA) is 29.5 Å². The third-order valence-electron chi connectivity index (χ3n) is 5.66. The highest BCUT2D eigenvalue weighted by molar-refractivity contribution is 5.77. The molecule has 0 N–H and O–H groups in total. The van der Waals surface area contributed by atoms with Gasteiger partial charge in [0.2, 0.25) is 0 Å². The van der Waals surface area contributed by atoms with Crippen LogP contribution in [-0.2, 0) is 9.53 Å². The van der Waals surface area contributed by atoms with Crippen LogP contribution in [-0.4, -0.2) is 31.1 Å². The van der Waals surface area contributed by atoms with Crippen LogP contribution in [0.1, 0.15) is 73.6 Å². The van der Waals surface area contributed by atoms with E-state index in [0.717, 1.165) is 62.0 Å². The van der Waals surface area contributed by atoms with Crippen molar-refractivity contribution >= 4 is 5.97 Å². The van der Waals surface area contributed by atoms with Crippen LogP contribution in [0.5, 0.6) is 0 Å². The molecule has 0 aromatic carbocycles. The molecule has 0 bridgehead atoms. The average Bonchev–Trinajstić information content (AvgIpc) is 3.31. The van der Waals surface area contributed by atoms with Crippen molar-refractivity contribution < 1.29 is 13.9 Å². The fourth-order valence-electron chi connectivity index (χ4n) is 3.80. The summed E-state index contributed by atoms with van der Waals surface area (Å²) in [7, 11) is 1.32. The third kappa shape index (κ3) is 13.3. The third-order valence-corrected chi connectivity index (χ3v) is 5.66. The lowest BCUT2D eigenvalue weighted by Crippen LogP contribution is -2.26. The molecule has 0 aliphatic heterocycles. The van der Waals surface area contributed by atoms with Crippen LogP contribution in [0.25, 0.3) is 0 Å². The quantitative estimate of drug-likeness (QED) is 0.172. The first-order valence-corrected chi connectivity index (χ1v) is 14.0. The molecule has 38 heavy (non-hydrogen) atoms. The summed E-state index contributed by atoms with van der Waals surface area (Å²) in [6, 6.07) is 0. The van der Waals surface area contributed by atoms with Crippen LogP contribution in [0.3, 0.4) is 0 Å². The van der Waals surface area contributed by atoms with Crippen molar-refractivity contribution in [2.75, 3.05) is 20.2 Å². The number of esters is 1. The SMILES string of the molecule is C=C/C(C#CC1=CC=C(CCN(CCC)C2=CC(C(=O)OC)C=C(F)C=C2)CCC1)=C\C=C/C.CC.CC. The molecule has 0 spiro atoms. The van der Waals surface area contributed by atoms with E-state index in [1.807, 2.05) is 52.8 Å². The number of rotatable bonds is 9. The predicted molar refractivity (Wildman–Crippen MR) is 162 cm³/mol. The van der Waals surface area contributed by atoms with Gasteiger partial charge in [0.25, 0.3) is 0 Å². The minimum Gasteiger partial charge on any atom is -0.468 e. The molecule has 0 saturated heterocycles. The van der Waals surface area contributed by atoms with E-state index in [1.165, 1.54) is 24.8 Å². The molecule has 0 aromatic rings. The van der Waals surface area contributed by atoms with E-state index in [1.54, 1.807) is 18.2 Å². The van der Waals surface area contributed by atoms with E-state index in [-0.39, 0.29) is 0 Å². The van der Waals surface area contributed by atoms with Gasteiger partial charge in [-0.3, -0.25) is 4.79 Å². The van der Waals surface area contributed by atoms with Crippen LogP contribution < -0.4 is 0 Å². The molecule has 1 unspecified atom stereocenters. The van der Waals surface area contributed by atoms with Crippen molar-refractivity contribution in [3.05, 3.63) is 95.6 Å². The van der Waals surface area contributed by atoms with E-state index >= 15 is 0 Å². The Balaban J connectivity index is 0.00000326. The van der Waals surface area contributed by atoms with Crippen LogP contribution in [0, 0.1) is 17.8 Å². The van der Waals surface area contributed by atoms with Gasteiger partial charge in [-0.1, -0.05) is 89.0 Å². The summed E-state index contributed by atoms with van der Waals surface area (Å²) in [5.41, 5.74) is 4.26. The van der Waals surface area contributed by atoms with Gasteiger partial charge in [-0.25, -0.2) is 4.39 Å². The molecule has 0 radical (unpaired) electrons. The Morgan fingerprint density at radius 2 is 1.89 bits per heavy atom. The Bertz CT molecular complexity index is 1010. The van der Waals surface area contributed by atoms with Crippen LogP contribution in [0.4, 0.5) is 4.39 Å². The van der Waals surface area contributed by atoms with E-state index in [9.17, 15) is 9.18 Å². The molecule has 2 aliphatic rings. The normalized spacial score (nSPS) is 16.8. The molecule has 2 aliphatic carbocycles. The van der Waals surface area contributed by atoms with E-state index in [4.69, 9.17) is 4.74 Å². The van der Waals surface area contributed by atoms with Crippen molar-refractivity contribution in [2.45, 2.75) is 73.6 Å². The van der Waals surface area contributed by atoms with Gasteiger partial charge in [0.05, 0.1) is 13.0 Å². The standard InChI is InChI=1S/C30H36FNO2.2C2H6/c1-5-8-10-24(7-3)13-14-25-11-9-12-26(16-15-25)19-21-32(20-6-2)29-18-17-28(31)22-27(23-29)30(33)34-4;2*1-2/h5,7-8,10,15-18,22-23,27H,3,6,9,11-12,19-21H2,1-2,4H3;2*1-2H3/b8-5-,24-10+;;. The maximum Gasteiger partial charge on any atom is 0.316 e. The van der Waals surface area contributed by atoms with Gasteiger partial charge in [0.1, 0.15) is 5.83 Å². The highest BCUT2D eigenvalue weighted by Gasteiger charge is 2.20. The smallest absolute Gasteiger partial charge is 0.316 e. The van der Waals surface area contributed by atoms with Gasteiger partial charge in [0.15, 0.2) is 0 Å². The van der Waals surface area contributed by atoms with Gasteiger partial charge in [-0.15, -0.1) is 0 Å². The zero-order chi connectivity index (χ0) is 28.8. The second-order valence-corrected chi connectivity index (χ2v) is 8.23. The maximum atomic E-state index is 14.0. The van der Waals surface area contributed by atoms with Crippen molar-refractivity contribution in [2.24, 2.45) is 5.92 Å². The lowest BCUT2D eigenvalue weighted by atomic mass is 10.0. The first-order chi connectivity index (χ1) is 18.5. The summed E-state index contributed by atoms with van der Waals surface area (Å²) in [4.78, 5) is 14.3. The molecule has 0 amide bonds. The zero-order valence-corrected chi connectivity index (χ0v) is 24.6. The van der Waals surface area contributed by atoms with Crippen LogP contribution >= 0.6 is 0 Å². The van der Waals surface area contributed by atoms with E-state index in [0.29, 0.717) is 0 Å². The Hall–Kier alpha value is -3.32. The summed E-state index contributed by atoms with van der Waals surface area (Å²) < 4.78 is 18.9. The molecule has 0 heterocycles. The minimum atomic E-state index is -0.724. The first-order valence-electron chi connectivity index (χ1n) is 14.0. The van der Waals surface area contributed by atoms with Crippen molar-refractivity contribution in [3.8, 4) is 11.8 Å². The molecule has 0 fully saturated rings. The zero-order valence-electron chi connectivity index (χ0n) is 24.6. The molecule has 0 saturated carbocycles. The largest absolute Gasteiger partial charge is 0.468 e. The summed E-state index contributed by atoms with van der Waals surface area (Å²) in [5.74, 6) is 4.88. The van der Waals surface area contributed by atoms with Crippen LogP contribution in [0.15, 0.2) is 95.6 Å². The van der Waals surface area contributed by atoms with E-state index in [2.05, 4.69) is 42.4 Å². The van der Waals surface area contributed by atoms with Gasteiger partial charge in [-0.05, 0) is 69.4 Å². The summed E-state index contributed by atoms with van der Waals surface area (Å²) in [6.07, 6.45) is 23.1. The number of methoxy groups -OCH3 is 1. The Labute approximate surface area is 231 Å². The molecular formula is C34H48FNO2. The number of ether oxygens (including phenoxy) is 1. The molecular weight excluding hydrogens is 473 g/mol. The number of carbonyl (C=O) groups excluding carboxylic acids is 1. The monoisotopic (exact) mass is 521 g/mol. The van der Waals surface area contributed by atoms with Gasteiger partial charge in [0, 0.05) is 29.9 Å². The molecule has 0 aromatic heterocycles. The van der Waals surface area contributed by atoms with Gasteiger partial charge in [-0.2, -0.15) is 0 Å². The maximum absolute atomic E-state index is 14.0. The van der Waals surface area contributed by atoms with Crippen molar-refractivity contribution in [1.29, 1.82) is 0 Å². The summed E-state index contributed by atoms with van der Waals surface area (Å²) in [6.45, 7) is 17.5. The fraction of sp³-hybridized carbons (Fsp3) is 0.441. The number of carbonyl (C=O) groups is 1. The summed E-state index contributed by atoms with van der Waals surface area (Å²) >= 11 is 0. The number of allylic oxidation sites excluding steroid dienone is 11. The molecule has 1 atom stereocenters. The second kappa shape index (κ2) is 21.7. The highest BCUT2D eigenvalue weighted by atomic mass is 19.1. The first kappa shape index (κ1) is 34.7. The average molecular weight is 522 g/mol. The van der Waals surface area contributed by atoms with E-state index < -0.39 is 17.7 Å².